The Kier molecular flexibility index (Phi) is 5.10. The minimum Gasteiger partial charge on any atom is -0.464 e. The van der Waals surface area contributed by atoms with Crippen LogP contribution < -0.4 is 0 Å². The van der Waals surface area contributed by atoms with Crippen LogP contribution in [0, 0.1) is 0 Å². The van der Waals surface area contributed by atoms with Crippen LogP contribution in [0.5, 0.6) is 0 Å². The molecule has 1 saturated carbocycles. The Morgan fingerprint density at radius 3 is 2.71 bits per heavy atom. The molecule has 1 aliphatic rings. The molecule has 1 aliphatic carbocycles. The number of aromatic nitrogens is 2. The van der Waals surface area contributed by atoms with Crippen LogP contribution in [0.1, 0.15) is 35.7 Å². The summed E-state index contributed by atoms with van der Waals surface area (Å²) < 4.78 is 7.15. The van der Waals surface area contributed by atoms with Gasteiger partial charge in [-0.3, -0.25) is 4.79 Å². The number of benzene rings is 1. The Hall–Kier alpha value is -3.15. The molecule has 0 bridgehead atoms. The van der Waals surface area contributed by atoms with E-state index in [-0.39, 0.29) is 24.5 Å². The molecule has 28 heavy (non-hydrogen) atoms. The van der Waals surface area contributed by atoms with Crippen molar-refractivity contribution in [2.45, 2.75) is 38.3 Å². The van der Waals surface area contributed by atoms with Gasteiger partial charge in [-0.15, -0.1) is 0 Å². The second-order valence-electron chi connectivity index (χ2n) is 7.01. The Morgan fingerprint density at radius 2 is 2.00 bits per heavy atom. The first-order valence-corrected chi connectivity index (χ1v) is 9.63. The van der Waals surface area contributed by atoms with Crippen molar-refractivity contribution in [3.63, 3.8) is 0 Å². The number of ether oxygens (including phenoxy) is 1. The molecule has 0 aliphatic heterocycles. The molecular formula is C22H23N3O3. The van der Waals surface area contributed by atoms with E-state index in [0.717, 1.165) is 24.1 Å². The normalized spacial score (nSPS) is 14.6. The van der Waals surface area contributed by atoms with Gasteiger partial charge in [0.15, 0.2) is 0 Å². The summed E-state index contributed by atoms with van der Waals surface area (Å²) in [5.41, 5.74) is 2.32. The van der Waals surface area contributed by atoms with Crippen molar-refractivity contribution in [1.82, 2.24) is 14.3 Å². The van der Waals surface area contributed by atoms with Crippen molar-refractivity contribution in [3.05, 3.63) is 72.2 Å². The summed E-state index contributed by atoms with van der Waals surface area (Å²) in [6.07, 6.45) is 7.52. The van der Waals surface area contributed by atoms with Gasteiger partial charge in [0.2, 0.25) is 0 Å². The molecule has 0 spiro atoms. The molecule has 2 aromatic heterocycles. The molecule has 0 radical (unpaired) electrons. The maximum absolute atomic E-state index is 13.4. The zero-order chi connectivity index (χ0) is 19.5. The highest BCUT2D eigenvalue weighted by Gasteiger charge is 2.41. The van der Waals surface area contributed by atoms with Gasteiger partial charge in [0, 0.05) is 31.1 Å². The molecule has 6 nitrogen and oxygen atoms in total. The molecule has 1 atom stereocenters. The SMILES string of the molecule is CCOC(=O)C(Cc1ccccc1)N(C(=O)c1ccc2nccn2c1)C1CC1. The molecule has 2 heterocycles. The van der Waals surface area contributed by atoms with Crippen LogP contribution in [-0.4, -0.2) is 44.9 Å². The minimum absolute atomic E-state index is 0.0732. The van der Waals surface area contributed by atoms with Crippen LogP contribution in [0.4, 0.5) is 0 Å². The molecule has 3 aromatic rings. The smallest absolute Gasteiger partial charge is 0.329 e. The van der Waals surface area contributed by atoms with Crippen molar-refractivity contribution >= 4 is 17.5 Å². The first-order valence-electron chi connectivity index (χ1n) is 9.63. The van der Waals surface area contributed by atoms with E-state index in [9.17, 15) is 9.59 Å². The third-order valence-electron chi connectivity index (χ3n) is 4.98. The van der Waals surface area contributed by atoms with Gasteiger partial charge in [0.25, 0.3) is 5.91 Å². The van der Waals surface area contributed by atoms with Gasteiger partial charge in [-0.1, -0.05) is 30.3 Å². The lowest BCUT2D eigenvalue weighted by molar-refractivity contribution is -0.148. The Bertz CT molecular complexity index is 979. The number of hydrogen-bond acceptors (Lipinski definition) is 4. The third kappa shape index (κ3) is 3.76. The fourth-order valence-electron chi connectivity index (χ4n) is 3.48. The van der Waals surface area contributed by atoms with Crippen molar-refractivity contribution < 1.29 is 14.3 Å². The molecule has 4 rings (SSSR count). The predicted octanol–water partition coefficient (Wildman–Crippen LogP) is 3.11. The summed E-state index contributed by atoms with van der Waals surface area (Å²) in [7, 11) is 0. The van der Waals surface area contributed by atoms with E-state index in [4.69, 9.17) is 4.74 Å². The second kappa shape index (κ2) is 7.84. The number of rotatable bonds is 7. The number of imidazole rings is 1. The number of carbonyl (C=O) groups excluding carboxylic acids is 2. The minimum atomic E-state index is -0.638. The van der Waals surface area contributed by atoms with Gasteiger partial charge in [0.05, 0.1) is 12.2 Å². The number of amides is 1. The van der Waals surface area contributed by atoms with E-state index < -0.39 is 6.04 Å². The first-order chi connectivity index (χ1) is 13.7. The number of nitrogens with zero attached hydrogens (tertiary/aromatic N) is 3. The maximum Gasteiger partial charge on any atom is 0.329 e. The second-order valence-corrected chi connectivity index (χ2v) is 7.01. The number of carbonyl (C=O) groups is 2. The topological polar surface area (TPSA) is 63.9 Å². The number of hydrogen-bond donors (Lipinski definition) is 0. The standard InChI is InChI=1S/C22H23N3O3/c1-2-28-22(27)19(14-16-6-4-3-5-7-16)25(18-9-10-18)21(26)17-8-11-20-23-12-13-24(20)15-17/h3-8,11-13,15,18-19H,2,9-10,14H2,1H3. The van der Waals surface area contributed by atoms with E-state index >= 15 is 0 Å². The molecule has 6 heteroatoms. The number of fused-ring (bicyclic) bond motifs is 1. The highest BCUT2D eigenvalue weighted by atomic mass is 16.5. The van der Waals surface area contributed by atoms with Gasteiger partial charge in [0.1, 0.15) is 11.7 Å². The van der Waals surface area contributed by atoms with Crippen molar-refractivity contribution in [3.8, 4) is 0 Å². The molecule has 1 aromatic carbocycles. The molecule has 1 unspecified atom stereocenters. The van der Waals surface area contributed by atoms with Gasteiger partial charge in [-0.25, -0.2) is 9.78 Å². The Balaban J connectivity index is 1.67. The first kappa shape index (κ1) is 18.2. The average Bonchev–Trinajstić information content (AvgIpc) is 3.43. The van der Waals surface area contributed by atoms with Gasteiger partial charge in [-0.05, 0) is 37.5 Å². The van der Waals surface area contributed by atoms with Crippen LogP contribution >= 0.6 is 0 Å². The lowest BCUT2D eigenvalue weighted by Gasteiger charge is -2.30. The van der Waals surface area contributed by atoms with E-state index in [0.29, 0.717) is 12.0 Å². The van der Waals surface area contributed by atoms with E-state index in [2.05, 4.69) is 4.98 Å². The van der Waals surface area contributed by atoms with Crippen molar-refractivity contribution in [1.29, 1.82) is 0 Å². The Labute approximate surface area is 163 Å². The molecule has 0 N–H and O–H groups in total. The summed E-state index contributed by atoms with van der Waals surface area (Å²) in [5, 5.41) is 0. The fourth-order valence-corrected chi connectivity index (χ4v) is 3.48. The lowest BCUT2D eigenvalue weighted by atomic mass is 10.0. The van der Waals surface area contributed by atoms with Gasteiger partial charge < -0.3 is 14.0 Å². The quantitative estimate of drug-likeness (QED) is 0.594. The highest BCUT2D eigenvalue weighted by molar-refractivity contribution is 5.97. The Morgan fingerprint density at radius 1 is 1.21 bits per heavy atom. The van der Waals surface area contributed by atoms with Gasteiger partial charge in [-0.2, -0.15) is 0 Å². The molecule has 1 amide bonds. The largest absolute Gasteiger partial charge is 0.464 e. The molecule has 1 fully saturated rings. The van der Waals surface area contributed by atoms with Crippen molar-refractivity contribution in [2.75, 3.05) is 6.61 Å². The van der Waals surface area contributed by atoms with E-state index in [1.165, 1.54) is 0 Å². The number of esters is 1. The summed E-state index contributed by atoms with van der Waals surface area (Å²) in [5.74, 6) is -0.498. The van der Waals surface area contributed by atoms with Crippen LogP contribution in [0.2, 0.25) is 0 Å². The van der Waals surface area contributed by atoms with Crippen LogP contribution in [-0.2, 0) is 16.0 Å². The van der Waals surface area contributed by atoms with E-state index in [1.807, 2.05) is 40.8 Å². The monoisotopic (exact) mass is 377 g/mol. The molecule has 144 valence electrons. The maximum atomic E-state index is 13.4. The number of pyridine rings is 1. The van der Waals surface area contributed by atoms with Crippen LogP contribution in [0.25, 0.3) is 5.65 Å². The van der Waals surface area contributed by atoms with E-state index in [1.54, 1.807) is 36.5 Å². The summed E-state index contributed by atoms with van der Waals surface area (Å²) in [4.78, 5) is 32.2. The summed E-state index contributed by atoms with van der Waals surface area (Å²) >= 11 is 0. The predicted molar refractivity (Wildman–Crippen MR) is 105 cm³/mol. The van der Waals surface area contributed by atoms with Crippen LogP contribution in [0.15, 0.2) is 61.1 Å². The molecule has 0 saturated heterocycles. The fraction of sp³-hybridized carbons (Fsp3) is 0.318. The average molecular weight is 377 g/mol. The zero-order valence-corrected chi connectivity index (χ0v) is 15.8. The summed E-state index contributed by atoms with van der Waals surface area (Å²) in [6, 6.07) is 12.8. The lowest BCUT2D eigenvalue weighted by Crippen LogP contribution is -2.48. The van der Waals surface area contributed by atoms with Crippen molar-refractivity contribution in [2.24, 2.45) is 0 Å². The molecular weight excluding hydrogens is 354 g/mol. The van der Waals surface area contributed by atoms with Gasteiger partial charge >= 0.3 is 5.97 Å². The third-order valence-corrected chi connectivity index (χ3v) is 4.98. The van der Waals surface area contributed by atoms with Crippen LogP contribution in [0.3, 0.4) is 0 Å². The zero-order valence-electron chi connectivity index (χ0n) is 15.8. The highest BCUT2D eigenvalue weighted by Crippen LogP contribution is 2.32. The summed E-state index contributed by atoms with van der Waals surface area (Å²) in [6.45, 7) is 2.07.